The molecule has 4 rings (SSSR count). The number of carbonyl (C=O) groups excluding carboxylic acids is 2. The van der Waals surface area contributed by atoms with E-state index in [9.17, 15) is 9.59 Å². The highest BCUT2D eigenvalue weighted by Gasteiger charge is 2.26. The van der Waals surface area contributed by atoms with Gasteiger partial charge in [0.15, 0.2) is 0 Å². The van der Waals surface area contributed by atoms with Gasteiger partial charge in [0.1, 0.15) is 11.6 Å². The number of benzene rings is 2. The van der Waals surface area contributed by atoms with Crippen molar-refractivity contribution in [2.75, 3.05) is 17.4 Å². The van der Waals surface area contributed by atoms with Crippen LogP contribution >= 0.6 is 11.8 Å². The molecule has 0 saturated carbocycles. The van der Waals surface area contributed by atoms with Crippen LogP contribution in [0, 0.1) is 0 Å². The Kier molecular flexibility index (Phi) is 6.27. The van der Waals surface area contributed by atoms with E-state index in [1.54, 1.807) is 12.1 Å². The van der Waals surface area contributed by atoms with Crippen molar-refractivity contribution in [2.24, 2.45) is 5.10 Å². The lowest BCUT2D eigenvalue weighted by Gasteiger charge is -2.10. The highest BCUT2D eigenvalue weighted by molar-refractivity contribution is 7.99. The van der Waals surface area contributed by atoms with Crippen LogP contribution in [0.5, 0.6) is 5.75 Å². The minimum absolute atomic E-state index is 0.0355. The highest BCUT2D eigenvalue weighted by atomic mass is 32.2. The van der Waals surface area contributed by atoms with Gasteiger partial charge in [-0.15, -0.1) is 10.2 Å². The Morgan fingerprint density at radius 1 is 1.16 bits per heavy atom. The summed E-state index contributed by atoms with van der Waals surface area (Å²) in [6.45, 7) is 2.51. The lowest BCUT2D eigenvalue weighted by molar-refractivity contribution is -0.117. The minimum atomic E-state index is -0.313. The minimum Gasteiger partial charge on any atom is -0.494 e. The van der Waals surface area contributed by atoms with E-state index in [0.717, 1.165) is 23.1 Å². The molecule has 10 heteroatoms. The third kappa shape index (κ3) is 5.10. The fraction of sp³-hybridized carbons (Fsp3) is 0.190. The Bertz CT molecular complexity index is 1100. The zero-order chi connectivity index (χ0) is 21.6. The third-order valence-corrected chi connectivity index (χ3v) is 5.02. The summed E-state index contributed by atoms with van der Waals surface area (Å²) in [6.07, 6.45) is 0.0355. The average Bonchev–Trinajstić information content (AvgIpc) is 3.40. The number of anilines is 1. The van der Waals surface area contributed by atoms with E-state index in [-0.39, 0.29) is 29.2 Å². The summed E-state index contributed by atoms with van der Waals surface area (Å²) >= 11 is 1.11. The van der Waals surface area contributed by atoms with Crippen LogP contribution in [0.15, 0.2) is 69.3 Å². The second kappa shape index (κ2) is 9.43. The van der Waals surface area contributed by atoms with Crippen molar-refractivity contribution in [3.05, 3.63) is 54.6 Å². The second-order valence-electron chi connectivity index (χ2n) is 6.43. The van der Waals surface area contributed by atoms with Crippen molar-refractivity contribution in [1.29, 1.82) is 0 Å². The molecule has 158 valence electrons. The van der Waals surface area contributed by atoms with Crippen LogP contribution in [0.3, 0.4) is 0 Å². The molecule has 2 amide bonds. The first-order valence-electron chi connectivity index (χ1n) is 9.57. The van der Waals surface area contributed by atoms with Crippen LogP contribution in [0.1, 0.15) is 13.3 Å². The van der Waals surface area contributed by atoms with Crippen molar-refractivity contribution < 1.29 is 18.7 Å². The molecule has 1 N–H and O–H groups in total. The van der Waals surface area contributed by atoms with Crippen LogP contribution in [0.4, 0.5) is 5.69 Å². The van der Waals surface area contributed by atoms with E-state index in [1.807, 2.05) is 49.4 Å². The monoisotopic (exact) mass is 437 g/mol. The maximum Gasteiger partial charge on any atom is 0.277 e. The molecule has 0 aliphatic carbocycles. The van der Waals surface area contributed by atoms with Crippen molar-refractivity contribution in [3.63, 3.8) is 0 Å². The SMILES string of the molecule is CCOc1ccc(-c2nnc(SCC(=O)NC3=NN(c4ccccc4)C(=O)C3)o2)cc1. The van der Waals surface area contributed by atoms with E-state index >= 15 is 0 Å². The summed E-state index contributed by atoms with van der Waals surface area (Å²) in [5.74, 6) is 0.952. The largest absolute Gasteiger partial charge is 0.494 e. The first kappa shape index (κ1) is 20.6. The molecule has 0 spiro atoms. The fourth-order valence-electron chi connectivity index (χ4n) is 2.84. The van der Waals surface area contributed by atoms with Crippen molar-refractivity contribution in [2.45, 2.75) is 18.6 Å². The molecule has 0 atom stereocenters. The Balaban J connectivity index is 1.31. The molecule has 9 nitrogen and oxygen atoms in total. The van der Waals surface area contributed by atoms with Gasteiger partial charge in [-0.05, 0) is 43.3 Å². The van der Waals surface area contributed by atoms with Crippen LogP contribution in [-0.2, 0) is 9.59 Å². The van der Waals surface area contributed by atoms with Gasteiger partial charge in [-0.25, -0.2) is 0 Å². The van der Waals surface area contributed by atoms with Gasteiger partial charge in [-0.2, -0.15) is 10.1 Å². The Morgan fingerprint density at radius 2 is 1.94 bits per heavy atom. The molecule has 1 aliphatic heterocycles. The fourth-order valence-corrected chi connectivity index (χ4v) is 3.40. The van der Waals surface area contributed by atoms with E-state index in [0.29, 0.717) is 24.0 Å². The molecular weight excluding hydrogens is 418 g/mol. The lowest BCUT2D eigenvalue weighted by Crippen LogP contribution is -2.31. The van der Waals surface area contributed by atoms with Crippen LogP contribution in [0.2, 0.25) is 0 Å². The number of rotatable bonds is 7. The number of carbonyl (C=O) groups is 2. The Hall–Kier alpha value is -3.66. The molecule has 1 aliphatic rings. The van der Waals surface area contributed by atoms with Gasteiger partial charge in [0.25, 0.3) is 11.1 Å². The quantitative estimate of drug-likeness (QED) is 0.566. The summed E-state index contributed by atoms with van der Waals surface area (Å²) in [7, 11) is 0. The normalized spacial score (nSPS) is 13.3. The number of amides is 2. The summed E-state index contributed by atoms with van der Waals surface area (Å²) in [6, 6.07) is 16.3. The molecule has 0 fully saturated rings. The number of hydrogen-bond acceptors (Lipinski definition) is 8. The molecule has 2 heterocycles. The average molecular weight is 437 g/mol. The van der Waals surface area contributed by atoms with Crippen molar-refractivity contribution in [3.8, 4) is 17.2 Å². The molecular formula is C21H19N5O4S. The number of thioether (sulfide) groups is 1. The highest BCUT2D eigenvalue weighted by Crippen LogP contribution is 2.25. The Labute approximate surface area is 182 Å². The second-order valence-corrected chi connectivity index (χ2v) is 7.36. The summed E-state index contributed by atoms with van der Waals surface area (Å²) in [5.41, 5.74) is 1.41. The molecule has 2 aromatic carbocycles. The molecule has 0 radical (unpaired) electrons. The van der Waals surface area contributed by atoms with Gasteiger partial charge in [0, 0.05) is 5.56 Å². The van der Waals surface area contributed by atoms with Crippen molar-refractivity contribution >= 4 is 35.1 Å². The number of nitrogens with one attached hydrogen (secondary N) is 1. The molecule has 1 aromatic heterocycles. The number of amidine groups is 1. The smallest absolute Gasteiger partial charge is 0.277 e. The zero-order valence-electron chi connectivity index (χ0n) is 16.6. The topological polar surface area (TPSA) is 110 Å². The van der Waals surface area contributed by atoms with Gasteiger partial charge in [-0.1, -0.05) is 30.0 Å². The summed E-state index contributed by atoms with van der Waals surface area (Å²) in [4.78, 5) is 24.4. The van der Waals surface area contributed by atoms with Crippen LogP contribution in [-0.4, -0.2) is 40.2 Å². The van der Waals surface area contributed by atoms with Crippen LogP contribution < -0.4 is 15.1 Å². The van der Waals surface area contributed by atoms with Crippen molar-refractivity contribution in [1.82, 2.24) is 15.5 Å². The maximum absolute atomic E-state index is 12.3. The third-order valence-electron chi connectivity index (χ3n) is 4.21. The van der Waals surface area contributed by atoms with Crippen LogP contribution in [0.25, 0.3) is 11.5 Å². The van der Waals surface area contributed by atoms with E-state index < -0.39 is 0 Å². The van der Waals surface area contributed by atoms with E-state index in [4.69, 9.17) is 9.15 Å². The number of aromatic nitrogens is 2. The van der Waals surface area contributed by atoms with Gasteiger partial charge in [0.05, 0.1) is 24.5 Å². The molecule has 0 bridgehead atoms. The van der Waals surface area contributed by atoms with E-state index in [2.05, 4.69) is 20.6 Å². The standard InChI is InChI=1S/C21H19N5O4S/c1-2-29-16-10-8-14(9-11-16)20-23-24-21(30-20)31-13-18(27)22-17-12-19(28)26(25-17)15-6-4-3-5-7-15/h3-11H,2,12-13H2,1H3,(H,22,25,27). The Morgan fingerprint density at radius 3 is 2.68 bits per heavy atom. The lowest BCUT2D eigenvalue weighted by atomic mass is 10.2. The predicted octanol–water partition coefficient (Wildman–Crippen LogP) is 3.09. The molecule has 0 saturated heterocycles. The summed E-state index contributed by atoms with van der Waals surface area (Å²) in [5, 5.41) is 16.4. The van der Waals surface area contributed by atoms with Gasteiger partial charge >= 0.3 is 0 Å². The van der Waals surface area contributed by atoms with E-state index in [1.165, 1.54) is 5.01 Å². The number of para-hydroxylation sites is 1. The predicted molar refractivity (Wildman–Crippen MR) is 116 cm³/mol. The zero-order valence-corrected chi connectivity index (χ0v) is 17.5. The molecule has 3 aromatic rings. The number of hydrogen-bond donors (Lipinski definition) is 1. The van der Waals surface area contributed by atoms with Gasteiger partial charge in [-0.3, -0.25) is 9.59 Å². The molecule has 0 unspecified atom stereocenters. The number of hydrazone groups is 1. The first-order valence-corrected chi connectivity index (χ1v) is 10.6. The summed E-state index contributed by atoms with van der Waals surface area (Å²) < 4.78 is 11.0. The number of ether oxygens (including phenoxy) is 1. The van der Waals surface area contributed by atoms with Gasteiger partial charge in [0.2, 0.25) is 11.8 Å². The number of nitrogens with zero attached hydrogens (tertiary/aromatic N) is 4. The maximum atomic E-state index is 12.3. The van der Waals surface area contributed by atoms with Gasteiger partial charge < -0.3 is 14.5 Å². The first-order chi connectivity index (χ1) is 15.1. The molecule has 31 heavy (non-hydrogen) atoms.